The number of thiocarbonyl (C=S) groups is 1. The molecule has 0 bridgehead atoms. The summed E-state index contributed by atoms with van der Waals surface area (Å²) < 4.78 is 0.345. The van der Waals surface area contributed by atoms with Gasteiger partial charge in [0.1, 0.15) is 4.32 Å². The molecule has 2 amide bonds. The number of carbonyl (C=O) groups is 3. The summed E-state index contributed by atoms with van der Waals surface area (Å²) in [7, 11) is 0. The Hall–Kier alpha value is -1.61. The van der Waals surface area contributed by atoms with Gasteiger partial charge in [0.2, 0.25) is 5.91 Å². The molecule has 2 N–H and O–H groups in total. The largest absolute Gasteiger partial charge is 0.481 e. The number of rotatable bonds is 7. The van der Waals surface area contributed by atoms with Crippen LogP contribution in [0.3, 0.4) is 0 Å². The molecule has 1 aliphatic rings. The van der Waals surface area contributed by atoms with Crippen LogP contribution in [0, 0.1) is 0 Å². The Morgan fingerprint density at radius 3 is 2.73 bits per heavy atom. The van der Waals surface area contributed by atoms with Crippen molar-refractivity contribution >= 4 is 75.4 Å². The third-order valence-electron chi connectivity index (χ3n) is 3.37. The normalized spacial score (nSPS) is 15.6. The molecular weight excluding hydrogens is 419 g/mol. The van der Waals surface area contributed by atoms with Gasteiger partial charge < -0.3 is 10.4 Å². The zero-order chi connectivity index (χ0) is 19.3. The molecule has 0 spiro atoms. The smallest absolute Gasteiger partial charge is 0.305 e. The number of nitrogens with one attached hydrogen (secondary N) is 1. The minimum absolute atomic E-state index is 0.0251. The third-order valence-corrected chi connectivity index (χ3v) is 5.58. The first-order valence-corrected chi connectivity index (χ1v) is 9.45. The van der Waals surface area contributed by atoms with Crippen LogP contribution in [0.5, 0.6) is 0 Å². The molecule has 0 atom stereocenters. The monoisotopic (exact) mass is 432 g/mol. The highest BCUT2D eigenvalue weighted by molar-refractivity contribution is 8.26. The van der Waals surface area contributed by atoms with Crippen LogP contribution in [-0.4, -0.2) is 45.2 Å². The van der Waals surface area contributed by atoms with Crippen LogP contribution >= 0.6 is 47.2 Å². The maximum absolute atomic E-state index is 12.5. The molecule has 26 heavy (non-hydrogen) atoms. The van der Waals surface area contributed by atoms with Gasteiger partial charge >= 0.3 is 5.97 Å². The summed E-state index contributed by atoms with van der Waals surface area (Å²) in [6.07, 6.45) is 1.48. The Morgan fingerprint density at radius 1 is 1.31 bits per heavy atom. The van der Waals surface area contributed by atoms with E-state index in [-0.39, 0.29) is 37.7 Å². The Labute approximate surface area is 169 Å². The fourth-order valence-corrected chi connectivity index (χ4v) is 3.74. The van der Waals surface area contributed by atoms with Crippen molar-refractivity contribution < 1.29 is 19.5 Å². The van der Waals surface area contributed by atoms with Crippen LogP contribution in [0.1, 0.15) is 18.4 Å². The Morgan fingerprint density at radius 2 is 2.04 bits per heavy atom. The second-order valence-corrected chi connectivity index (χ2v) is 7.68. The number of halogens is 2. The minimum Gasteiger partial charge on any atom is -0.481 e. The molecule has 0 aliphatic carbocycles. The molecule has 0 aromatic heterocycles. The van der Waals surface area contributed by atoms with Gasteiger partial charge in [-0.15, -0.1) is 0 Å². The van der Waals surface area contributed by atoms with Crippen LogP contribution in [0.2, 0.25) is 10.0 Å². The Kier molecular flexibility index (Phi) is 7.45. The van der Waals surface area contributed by atoms with Gasteiger partial charge in [-0.2, -0.15) is 0 Å². The maximum Gasteiger partial charge on any atom is 0.305 e. The highest BCUT2D eigenvalue weighted by Gasteiger charge is 2.32. The standard InChI is InChI=1S/C16H14Cl2N2O4S2/c17-10-3-1-2-9(14(10)18)8-11-15(24)20(16(25)26-11)7-5-12(21)19-6-4-13(22)23/h1-3,8H,4-7H2,(H,19,21)(H,22,23)/b11-8-. The van der Waals surface area contributed by atoms with E-state index >= 15 is 0 Å². The Bertz CT molecular complexity index is 798. The van der Waals surface area contributed by atoms with Crippen molar-refractivity contribution in [3.63, 3.8) is 0 Å². The summed E-state index contributed by atoms with van der Waals surface area (Å²) >= 11 is 18.4. The summed E-state index contributed by atoms with van der Waals surface area (Å²) in [6.45, 7) is 0.157. The van der Waals surface area contributed by atoms with Crippen molar-refractivity contribution in [1.82, 2.24) is 10.2 Å². The zero-order valence-corrected chi connectivity index (χ0v) is 16.5. The molecule has 1 aliphatic heterocycles. The molecule has 6 nitrogen and oxygen atoms in total. The van der Waals surface area contributed by atoms with Gasteiger partial charge in [-0.3, -0.25) is 19.3 Å². The summed E-state index contributed by atoms with van der Waals surface area (Å²) in [6, 6.07) is 5.11. The number of benzene rings is 1. The quantitative estimate of drug-likeness (QED) is 0.508. The third kappa shape index (κ3) is 5.44. The van der Waals surface area contributed by atoms with Gasteiger partial charge in [0, 0.05) is 19.5 Å². The SMILES string of the molecule is O=C(O)CCNC(=O)CCN1C(=O)/C(=C/c2cccc(Cl)c2Cl)SC1=S. The predicted octanol–water partition coefficient (Wildman–Crippen LogP) is 3.18. The van der Waals surface area contributed by atoms with E-state index in [1.54, 1.807) is 24.3 Å². The maximum atomic E-state index is 12.5. The summed E-state index contributed by atoms with van der Waals surface area (Å²) in [5.41, 5.74) is 0.603. The van der Waals surface area contributed by atoms with E-state index in [4.69, 9.17) is 40.5 Å². The van der Waals surface area contributed by atoms with Crippen molar-refractivity contribution in [2.45, 2.75) is 12.8 Å². The zero-order valence-electron chi connectivity index (χ0n) is 13.3. The number of amides is 2. The van der Waals surface area contributed by atoms with Gasteiger partial charge in [-0.1, -0.05) is 59.3 Å². The average Bonchev–Trinajstić information content (AvgIpc) is 2.83. The average molecular weight is 433 g/mol. The van der Waals surface area contributed by atoms with E-state index < -0.39 is 5.97 Å². The van der Waals surface area contributed by atoms with Crippen LogP contribution < -0.4 is 5.32 Å². The lowest BCUT2D eigenvalue weighted by atomic mass is 10.2. The van der Waals surface area contributed by atoms with Crippen molar-refractivity contribution in [1.29, 1.82) is 0 Å². The molecule has 2 rings (SSSR count). The number of aliphatic carboxylic acids is 1. The fraction of sp³-hybridized carbons (Fsp3) is 0.250. The molecule has 1 heterocycles. The molecule has 0 unspecified atom stereocenters. The summed E-state index contributed by atoms with van der Waals surface area (Å²) in [5, 5.41) is 11.7. The molecule has 1 saturated heterocycles. The molecular formula is C16H14Cl2N2O4S2. The number of carbonyl (C=O) groups excluding carboxylic acids is 2. The van der Waals surface area contributed by atoms with E-state index in [2.05, 4.69) is 5.32 Å². The first-order valence-electron chi connectivity index (χ1n) is 7.47. The minimum atomic E-state index is -0.993. The van der Waals surface area contributed by atoms with Crippen molar-refractivity contribution in [3.05, 3.63) is 38.7 Å². The van der Waals surface area contributed by atoms with E-state index in [1.807, 2.05) is 0 Å². The topological polar surface area (TPSA) is 86.7 Å². The van der Waals surface area contributed by atoms with Crippen LogP contribution in [-0.2, 0) is 14.4 Å². The molecule has 0 saturated carbocycles. The van der Waals surface area contributed by atoms with E-state index in [0.29, 0.717) is 24.8 Å². The van der Waals surface area contributed by atoms with Crippen LogP contribution in [0.4, 0.5) is 0 Å². The summed E-state index contributed by atoms with van der Waals surface area (Å²) in [4.78, 5) is 36.4. The fourth-order valence-electron chi connectivity index (χ4n) is 2.08. The predicted molar refractivity (Wildman–Crippen MR) is 106 cm³/mol. The van der Waals surface area contributed by atoms with Gasteiger partial charge in [0.05, 0.1) is 21.4 Å². The number of carboxylic acids is 1. The molecule has 0 radical (unpaired) electrons. The van der Waals surface area contributed by atoms with E-state index in [0.717, 1.165) is 11.8 Å². The van der Waals surface area contributed by atoms with Crippen molar-refractivity contribution in [2.75, 3.05) is 13.1 Å². The highest BCUT2D eigenvalue weighted by Crippen LogP contribution is 2.35. The van der Waals surface area contributed by atoms with Crippen LogP contribution in [0.15, 0.2) is 23.1 Å². The van der Waals surface area contributed by atoms with Crippen molar-refractivity contribution in [3.8, 4) is 0 Å². The van der Waals surface area contributed by atoms with Crippen molar-refractivity contribution in [2.24, 2.45) is 0 Å². The second-order valence-electron chi connectivity index (χ2n) is 5.22. The lowest BCUT2D eigenvalue weighted by Gasteiger charge is -2.14. The first kappa shape index (κ1) is 20.7. The molecule has 1 fully saturated rings. The van der Waals surface area contributed by atoms with Gasteiger partial charge in [-0.05, 0) is 17.7 Å². The number of thioether (sulfide) groups is 1. The number of hydrogen-bond donors (Lipinski definition) is 2. The molecule has 138 valence electrons. The van der Waals surface area contributed by atoms with Crippen LogP contribution in [0.25, 0.3) is 6.08 Å². The summed E-state index contributed by atoms with van der Waals surface area (Å²) in [5.74, 6) is -1.65. The number of carboxylic acid groups (broad SMARTS) is 1. The van der Waals surface area contributed by atoms with E-state index in [1.165, 1.54) is 4.90 Å². The molecule has 1 aromatic rings. The molecule has 1 aromatic carbocycles. The van der Waals surface area contributed by atoms with Gasteiger partial charge in [0.25, 0.3) is 5.91 Å². The lowest BCUT2D eigenvalue weighted by molar-refractivity contribution is -0.136. The number of nitrogens with zero attached hydrogens (tertiary/aromatic N) is 1. The van der Waals surface area contributed by atoms with Gasteiger partial charge in [0.15, 0.2) is 0 Å². The number of hydrogen-bond acceptors (Lipinski definition) is 5. The Balaban J connectivity index is 1.98. The molecule has 10 heteroatoms. The highest BCUT2D eigenvalue weighted by atomic mass is 35.5. The van der Waals surface area contributed by atoms with E-state index in [9.17, 15) is 14.4 Å². The lowest BCUT2D eigenvalue weighted by Crippen LogP contribution is -2.34. The second kappa shape index (κ2) is 9.36. The first-order chi connectivity index (χ1) is 12.3. The van der Waals surface area contributed by atoms with Gasteiger partial charge in [-0.25, -0.2) is 0 Å².